The summed E-state index contributed by atoms with van der Waals surface area (Å²) in [5, 5.41) is 9.11. The summed E-state index contributed by atoms with van der Waals surface area (Å²) in [6, 6.07) is 0. The number of carbonyl (C=O) groups is 1. The summed E-state index contributed by atoms with van der Waals surface area (Å²) >= 11 is 0. The molecule has 0 radical (unpaired) electrons. The van der Waals surface area contributed by atoms with Gasteiger partial charge in [0.2, 0.25) is 5.91 Å². The maximum Gasteiger partial charge on any atom is 0.246 e. The van der Waals surface area contributed by atoms with Crippen molar-refractivity contribution in [3.63, 3.8) is 0 Å². The van der Waals surface area contributed by atoms with E-state index in [2.05, 4.69) is 6.58 Å². The molecule has 1 atom stereocenters. The first-order chi connectivity index (χ1) is 5.64. The largest absolute Gasteiger partial charge is 0.394 e. The topological polar surface area (TPSA) is 40.5 Å². The van der Waals surface area contributed by atoms with Gasteiger partial charge in [-0.05, 0) is 25.8 Å². The highest BCUT2D eigenvalue weighted by Crippen LogP contribution is 2.28. The molecule has 0 aromatic carbocycles. The van der Waals surface area contributed by atoms with Crippen LogP contribution in [0.5, 0.6) is 0 Å². The van der Waals surface area contributed by atoms with Crippen molar-refractivity contribution in [2.45, 2.75) is 25.3 Å². The number of carbonyl (C=O) groups excluding carboxylic acids is 1. The standard InChI is InChI=1S/C9H15NO2/c1-3-8(12)10-6-4-5-9(10,2)7-11/h3,11H,1,4-7H2,2H3/t9-/m1/s1. The highest BCUT2D eigenvalue weighted by molar-refractivity contribution is 5.87. The van der Waals surface area contributed by atoms with Crippen molar-refractivity contribution >= 4 is 5.91 Å². The fraction of sp³-hybridized carbons (Fsp3) is 0.667. The lowest BCUT2D eigenvalue weighted by Crippen LogP contribution is -2.46. The lowest BCUT2D eigenvalue weighted by Gasteiger charge is -2.32. The molecule has 1 N–H and O–H groups in total. The van der Waals surface area contributed by atoms with Gasteiger partial charge in [-0.3, -0.25) is 4.79 Å². The Morgan fingerprint density at radius 3 is 3.00 bits per heavy atom. The molecule has 0 saturated carbocycles. The van der Waals surface area contributed by atoms with Gasteiger partial charge in [0.1, 0.15) is 0 Å². The molecule has 1 saturated heterocycles. The zero-order chi connectivity index (χ0) is 9.19. The first-order valence-corrected chi connectivity index (χ1v) is 4.19. The second-order valence-electron chi connectivity index (χ2n) is 3.45. The van der Waals surface area contributed by atoms with Crippen LogP contribution in [0.3, 0.4) is 0 Å². The zero-order valence-corrected chi connectivity index (χ0v) is 7.42. The normalized spacial score (nSPS) is 29.0. The van der Waals surface area contributed by atoms with Crippen molar-refractivity contribution in [1.29, 1.82) is 0 Å². The highest BCUT2D eigenvalue weighted by atomic mass is 16.3. The monoisotopic (exact) mass is 169 g/mol. The molecular formula is C9H15NO2. The van der Waals surface area contributed by atoms with Gasteiger partial charge in [-0.2, -0.15) is 0 Å². The van der Waals surface area contributed by atoms with Crippen molar-refractivity contribution in [2.75, 3.05) is 13.2 Å². The van der Waals surface area contributed by atoms with Crippen molar-refractivity contribution in [3.05, 3.63) is 12.7 Å². The molecule has 0 aromatic rings. The van der Waals surface area contributed by atoms with E-state index in [1.54, 1.807) is 4.90 Å². The van der Waals surface area contributed by atoms with Gasteiger partial charge in [0, 0.05) is 6.54 Å². The first kappa shape index (κ1) is 9.26. The van der Waals surface area contributed by atoms with E-state index in [0.29, 0.717) is 0 Å². The highest BCUT2D eigenvalue weighted by Gasteiger charge is 2.37. The summed E-state index contributed by atoms with van der Waals surface area (Å²) in [6.07, 6.45) is 3.15. The molecule has 0 bridgehead atoms. The molecular weight excluding hydrogens is 154 g/mol. The van der Waals surface area contributed by atoms with E-state index in [4.69, 9.17) is 5.11 Å². The zero-order valence-electron chi connectivity index (χ0n) is 7.42. The van der Waals surface area contributed by atoms with E-state index in [9.17, 15) is 4.79 Å². The number of hydrogen-bond acceptors (Lipinski definition) is 2. The third-order valence-electron chi connectivity index (χ3n) is 2.53. The average Bonchev–Trinajstić information content (AvgIpc) is 2.47. The van der Waals surface area contributed by atoms with Crippen LogP contribution in [0.15, 0.2) is 12.7 Å². The van der Waals surface area contributed by atoms with Crippen LogP contribution in [0.1, 0.15) is 19.8 Å². The fourth-order valence-corrected chi connectivity index (χ4v) is 1.67. The molecule has 68 valence electrons. The summed E-state index contributed by atoms with van der Waals surface area (Å²) < 4.78 is 0. The predicted octanol–water partition coefficient (Wildman–Crippen LogP) is 0.546. The van der Waals surface area contributed by atoms with E-state index in [-0.39, 0.29) is 18.1 Å². The minimum absolute atomic E-state index is 0.0343. The summed E-state index contributed by atoms with van der Waals surface area (Å²) in [7, 11) is 0. The molecule has 0 unspecified atom stereocenters. The minimum Gasteiger partial charge on any atom is -0.394 e. The molecule has 3 nitrogen and oxygen atoms in total. The van der Waals surface area contributed by atoms with E-state index in [1.165, 1.54) is 6.08 Å². The Hall–Kier alpha value is -0.830. The van der Waals surface area contributed by atoms with Crippen molar-refractivity contribution < 1.29 is 9.90 Å². The number of hydrogen-bond donors (Lipinski definition) is 1. The van der Waals surface area contributed by atoms with Gasteiger partial charge in [0.25, 0.3) is 0 Å². The molecule has 0 aromatic heterocycles. The third kappa shape index (κ3) is 1.37. The molecule has 0 aliphatic carbocycles. The fourth-order valence-electron chi connectivity index (χ4n) is 1.67. The summed E-state index contributed by atoms with van der Waals surface area (Å²) in [4.78, 5) is 13.0. The molecule has 12 heavy (non-hydrogen) atoms. The van der Waals surface area contributed by atoms with Crippen LogP contribution in [-0.2, 0) is 4.79 Å². The summed E-state index contributed by atoms with van der Waals surface area (Å²) in [6.45, 7) is 6.11. The SMILES string of the molecule is C=CC(=O)N1CCC[C@]1(C)CO. The second kappa shape index (κ2) is 3.27. The Kier molecular flexibility index (Phi) is 2.52. The van der Waals surface area contributed by atoms with Crippen molar-refractivity contribution in [3.8, 4) is 0 Å². The lowest BCUT2D eigenvalue weighted by atomic mass is 10.0. The van der Waals surface area contributed by atoms with E-state index in [0.717, 1.165) is 19.4 Å². The van der Waals surface area contributed by atoms with Crippen LogP contribution in [0.4, 0.5) is 0 Å². The van der Waals surface area contributed by atoms with Gasteiger partial charge < -0.3 is 10.0 Å². The Morgan fingerprint density at radius 2 is 2.50 bits per heavy atom. The smallest absolute Gasteiger partial charge is 0.246 e. The van der Waals surface area contributed by atoms with Gasteiger partial charge >= 0.3 is 0 Å². The second-order valence-corrected chi connectivity index (χ2v) is 3.45. The Balaban J connectivity index is 2.76. The van der Waals surface area contributed by atoms with Crippen LogP contribution >= 0.6 is 0 Å². The number of aliphatic hydroxyl groups is 1. The van der Waals surface area contributed by atoms with Crippen LogP contribution in [0.25, 0.3) is 0 Å². The van der Waals surface area contributed by atoms with Gasteiger partial charge in [0.05, 0.1) is 12.1 Å². The lowest BCUT2D eigenvalue weighted by molar-refractivity contribution is -0.130. The first-order valence-electron chi connectivity index (χ1n) is 4.19. The predicted molar refractivity (Wildman–Crippen MR) is 46.6 cm³/mol. The summed E-state index contributed by atoms with van der Waals surface area (Å²) in [5.74, 6) is -0.0796. The summed E-state index contributed by atoms with van der Waals surface area (Å²) in [5.41, 5.74) is -0.356. The van der Waals surface area contributed by atoms with Gasteiger partial charge in [-0.15, -0.1) is 0 Å². The molecule has 1 rings (SSSR count). The molecule has 0 spiro atoms. The molecule has 1 fully saturated rings. The Morgan fingerprint density at radius 1 is 1.83 bits per heavy atom. The van der Waals surface area contributed by atoms with E-state index >= 15 is 0 Å². The number of likely N-dealkylation sites (tertiary alicyclic amines) is 1. The molecule has 1 aliphatic heterocycles. The van der Waals surface area contributed by atoms with Crippen molar-refractivity contribution in [1.82, 2.24) is 4.90 Å². The third-order valence-corrected chi connectivity index (χ3v) is 2.53. The molecule has 1 heterocycles. The van der Waals surface area contributed by atoms with Crippen LogP contribution in [0, 0.1) is 0 Å². The Bertz CT molecular complexity index is 203. The maximum absolute atomic E-state index is 11.3. The van der Waals surface area contributed by atoms with Crippen LogP contribution < -0.4 is 0 Å². The number of nitrogens with zero attached hydrogens (tertiary/aromatic N) is 1. The van der Waals surface area contributed by atoms with E-state index in [1.807, 2.05) is 6.92 Å². The van der Waals surface area contributed by atoms with Gasteiger partial charge in [-0.1, -0.05) is 6.58 Å². The van der Waals surface area contributed by atoms with Gasteiger partial charge in [-0.25, -0.2) is 0 Å². The number of rotatable bonds is 2. The number of aliphatic hydroxyl groups excluding tert-OH is 1. The number of amides is 1. The maximum atomic E-state index is 11.3. The van der Waals surface area contributed by atoms with Crippen LogP contribution in [0.2, 0.25) is 0 Å². The molecule has 1 amide bonds. The average molecular weight is 169 g/mol. The van der Waals surface area contributed by atoms with Gasteiger partial charge in [0.15, 0.2) is 0 Å². The van der Waals surface area contributed by atoms with Crippen LogP contribution in [-0.4, -0.2) is 34.6 Å². The molecule has 1 aliphatic rings. The minimum atomic E-state index is -0.356. The van der Waals surface area contributed by atoms with Crippen molar-refractivity contribution in [2.24, 2.45) is 0 Å². The Labute approximate surface area is 72.7 Å². The quantitative estimate of drug-likeness (QED) is 0.613. The van der Waals surface area contributed by atoms with E-state index < -0.39 is 0 Å². The molecule has 3 heteroatoms.